The number of benzene rings is 2. The third-order valence-electron chi connectivity index (χ3n) is 6.00. The normalized spacial score (nSPS) is 17.6. The van der Waals surface area contributed by atoms with Gasteiger partial charge in [-0.2, -0.15) is 4.31 Å². The molecule has 1 fully saturated rings. The summed E-state index contributed by atoms with van der Waals surface area (Å²) in [5.74, 6) is -0.839. The Bertz CT molecular complexity index is 1090. The summed E-state index contributed by atoms with van der Waals surface area (Å²) < 4.78 is 33.0. The molecule has 1 saturated heterocycles. The molecule has 0 atom stereocenters. The molecule has 2 aromatic carbocycles. The number of rotatable bonds is 7. The molecule has 0 aromatic heterocycles. The molecule has 8 nitrogen and oxygen atoms in total. The van der Waals surface area contributed by atoms with E-state index in [1.54, 1.807) is 29.2 Å². The molecule has 0 radical (unpaired) electrons. The second kappa shape index (κ2) is 9.30. The van der Waals surface area contributed by atoms with Gasteiger partial charge in [0.05, 0.1) is 10.6 Å². The maximum absolute atomic E-state index is 13.1. The number of hydrogen-bond donors (Lipinski definition) is 1. The van der Waals surface area contributed by atoms with E-state index in [1.807, 2.05) is 24.3 Å². The lowest BCUT2D eigenvalue weighted by molar-refractivity contribution is -0.137. The zero-order chi connectivity index (χ0) is 22.7. The first kappa shape index (κ1) is 22.3. The average molecular weight is 459 g/mol. The Balaban J connectivity index is 1.40. The van der Waals surface area contributed by atoms with E-state index >= 15 is 0 Å². The summed E-state index contributed by atoms with van der Waals surface area (Å²) in [6.45, 7) is 0.893. The predicted molar refractivity (Wildman–Crippen MR) is 118 cm³/mol. The van der Waals surface area contributed by atoms with Gasteiger partial charge >= 0.3 is 12.1 Å². The molecular formula is C23H26N2O6S. The molecule has 32 heavy (non-hydrogen) atoms. The highest BCUT2D eigenvalue weighted by atomic mass is 32.2. The van der Waals surface area contributed by atoms with Crippen LogP contribution in [0.1, 0.15) is 36.8 Å². The largest absolute Gasteiger partial charge is 0.481 e. The van der Waals surface area contributed by atoms with Gasteiger partial charge in [-0.05, 0) is 49.4 Å². The molecule has 2 heterocycles. The number of aryl methyl sites for hydroxylation is 1. The monoisotopic (exact) mass is 458 g/mol. The van der Waals surface area contributed by atoms with Crippen molar-refractivity contribution in [3.8, 4) is 0 Å². The molecule has 0 saturated carbocycles. The molecule has 2 aliphatic rings. The lowest BCUT2D eigenvalue weighted by atomic mass is 10.0. The van der Waals surface area contributed by atoms with E-state index in [9.17, 15) is 18.0 Å². The molecule has 1 N–H and O–H groups in total. The summed E-state index contributed by atoms with van der Waals surface area (Å²) in [5.41, 5.74) is 2.69. The van der Waals surface area contributed by atoms with Crippen LogP contribution in [0.2, 0.25) is 0 Å². The van der Waals surface area contributed by atoms with Crippen molar-refractivity contribution < 1.29 is 27.9 Å². The van der Waals surface area contributed by atoms with Crippen LogP contribution in [0.3, 0.4) is 0 Å². The number of hydrogen-bond acceptors (Lipinski definition) is 5. The number of carboxylic acids is 1. The third-order valence-corrected chi connectivity index (χ3v) is 7.92. The summed E-state index contributed by atoms with van der Waals surface area (Å²) in [6.07, 6.45) is 1.85. The van der Waals surface area contributed by atoms with E-state index in [0.29, 0.717) is 38.8 Å². The van der Waals surface area contributed by atoms with Crippen molar-refractivity contribution in [2.75, 3.05) is 18.0 Å². The molecule has 0 unspecified atom stereocenters. The van der Waals surface area contributed by atoms with Gasteiger partial charge in [-0.3, -0.25) is 9.69 Å². The van der Waals surface area contributed by atoms with E-state index in [2.05, 4.69) is 0 Å². The van der Waals surface area contributed by atoms with Gasteiger partial charge in [0, 0.05) is 31.1 Å². The maximum Gasteiger partial charge on any atom is 0.414 e. The van der Waals surface area contributed by atoms with Crippen molar-refractivity contribution in [3.63, 3.8) is 0 Å². The van der Waals surface area contributed by atoms with E-state index in [1.165, 1.54) is 4.31 Å². The number of piperidine rings is 1. The van der Waals surface area contributed by atoms with Crippen molar-refractivity contribution >= 4 is 27.8 Å². The van der Waals surface area contributed by atoms with E-state index < -0.39 is 16.0 Å². The van der Waals surface area contributed by atoms with Crippen LogP contribution in [0.5, 0.6) is 0 Å². The Hall–Kier alpha value is -2.91. The van der Waals surface area contributed by atoms with Crippen molar-refractivity contribution in [2.45, 2.75) is 49.6 Å². The Labute approximate surface area is 187 Å². The number of carbonyl (C=O) groups is 2. The molecule has 0 aliphatic carbocycles. The number of fused-ring (bicyclic) bond motifs is 1. The molecule has 9 heteroatoms. The highest BCUT2D eigenvalue weighted by molar-refractivity contribution is 7.89. The lowest BCUT2D eigenvalue weighted by Crippen LogP contribution is -2.50. The van der Waals surface area contributed by atoms with Crippen LogP contribution in [0.25, 0.3) is 0 Å². The first-order chi connectivity index (χ1) is 15.4. The Kier molecular flexibility index (Phi) is 6.48. The fourth-order valence-electron chi connectivity index (χ4n) is 4.28. The van der Waals surface area contributed by atoms with E-state index in [0.717, 1.165) is 16.8 Å². The molecule has 4 rings (SSSR count). The van der Waals surface area contributed by atoms with E-state index in [-0.39, 0.29) is 30.1 Å². The van der Waals surface area contributed by atoms with Gasteiger partial charge in [-0.25, -0.2) is 13.2 Å². The van der Waals surface area contributed by atoms with Crippen LogP contribution in [0, 0.1) is 0 Å². The summed E-state index contributed by atoms with van der Waals surface area (Å²) in [5, 5.41) is 8.74. The number of ether oxygens (including phenoxy) is 1. The number of para-hydroxylation sites is 1. The van der Waals surface area contributed by atoms with E-state index in [4.69, 9.17) is 9.84 Å². The Morgan fingerprint density at radius 1 is 1.06 bits per heavy atom. The van der Waals surface area contributed by atoms with Crippen LogP contribution in [0.15, 0.2) is 53.4 Å². The zero-order valence-corrected chi connectivity index (χ0v) is 18.5. The standard InChI is InChI=1S/C23H26N2O6S/c26-22(27)7-3-4-17-8-10-20(11-9-17)32(29,30)24-14-12-19(13-15-24)25-21-6-2-1-5-18(21)16-31-23(25)28/h1-2,5-6,8-11,19H,3-4,7,12-16H2,(H,26,27). The number of sulfonamides is 1. The fraction of sp³-hybridized carbons (Fsp3) is 0.391. The fourth-order valence-corrected chi connectivity index (χ4v) is 5.75. The SMILES string of the molecule is O=C(O)CCCc1ccc(S(=O)(=O)N2CCC(N3C(=O)OCc4ccccc43)CC2)cc1. The number of carbonyl (C=O) groups excluding carboxylic acids is 1. The minimum absolute atomic E-state index is 0.0873. The molecule has 2 aliphatic heterocycles. The predicted octanol–water partition coefficient (Wildman–Crippen LogP) is 3.40. The number of amides is 1. The molecule has 0 bridgehead atoms. The number of nitrogens with zero attached hydrogens (tertiary/aromatic N) is 2. The van der Waals surface area contributed by atoms with Crippen molar-refractivity contribution in [1.82, 2.24) is 4.31 Å². The maximum atomic E-state index is 13.1. The van der Waals surface area contributed by atoms with Gasteiger partial charge in [0.1, 0.15) is 6.61 Å². The summed E-state index contributed by atoms with van der Waals surface area (Å²) in [7, 11) is -3.64. The number of aliphatic carboxylic acids is 1. The van der Waals surface area contributed by atoms with Crippen molar-refractivity contribution in [3.05, 3.63) is 59.7 Å². The van der Waals surface area contributed by atoms with Crippen LogP contribution in [0.4, 0.5) is 10.5 Å². The number of cyclic esters (lactones) is 1. The number of carboxylic acid groups (broad SMARTS) is 1. The average Bonchev–Trinajstić information content (AvgIpc) is 2.79. The van der Waals surface area contributed by atoms with Gasteiger partial charge < -0.3 is 9.84 Å². The smallest absolute Gasteiger partial charge is 0.414 e. The van der Waals surface area contributed by atoms with Gasteiger partial charge in [0.25, 0.3) is 0 Å². The highest BCUT2D eigenvalue weighted by Gasteiger charge is 2.36. The quantitative estimate of drug-likeness (QED) is 0.682. The van der Waals surface area contributed by atoms with Crippen LogP contribution < -0.4 is 4.90 Å². The molecule has 0 spiro atoms. The molecule has 170 valence electrons. The Morgan fingerprint density at radius 3 is 2.44 bits per heavy atom. The molecule has 2 aromatic rings. The minimum Gasteiger partial charge on any atom is -0.481 e. The molecular weight excluding hydrogens is 432 g/mol. The van der Waals surface area contributed by atoms with Crippen LogP contribution >= 0.6 is 0 Å². The van der Waals surface area contributed by atoms with Crippen LogP contribution in [-0.4, -0.2) is 49.0 Å². The first-order valence-corrected chi connectivity index (χ1v) is 12.1. The van der Waals surface area contributed by atoms with Crippen molar-refractivity contribution in [2.24, 2.45) is 0 Å². The summed E-state index contributed by atoms with van der Waals surface area (Å²) in [4.78, 5) is 25.0. The van der Waals surface area contributed by atoms with Gasteiger partial charge in [0.15, 0.2) is 0 Å². The molecule has 1 amide bonds. The topological polar surface area (TPSA) is 104 Å². The zero-order valence-electron chi connectivity index (χ0n) is 17.6. The van der Waals surface area contributed by atoms with Crippen LogP contribution in [-0.2, 0) is 32.6 Å². The minimum atomic E-state index is -3.64. The van der Waals surface area contributed by atoms with Gasteiger partial charge in [0.2, 0.25) is 10.0 Å². The third kappa shape index (κ3) is 4.63. The first-order valence-electron chi connectivity index (χ1n) is 10.7. The second-order valence-corrected chi connectivity index (χ2v) is 10.0. The summed E-state index contributed by atoms with van der Waals surface area (Å²) in [6, 6.07) is 14.1. The highest BCUT2D eigenvalue weighted by Crippen LogP contribution is 2.32. The Morgan fingerprint density at radius 2 is 1.75 bits per heavy atom. The second-order valence-electron chi connectivity index (χ2n) is 8.08. The lowest BCUT2D eigenvalue weighted by Gasteiger charge is -2.39. The number of anilines is 1. The van der Waals surface area contributed by atoms with Gasteiger partial charge in [-0.1, -0.05) is 30.3 Å². The summed E-state index contributed by atoms with van der Waals surface area (Å²) >= 11 is 0. The van der Waals surface area contributed by atoms with Crippen molar-refractivity contribution in [1.29, 1.82) is 0 Å². The van der Waals surface area contributed by atoms with Gasteiger partial charge in [-0.15, -0.1) is 0 Å².